The Bertz CT molecular complexity index is 1270. The quantitative estimate of drug-likeness (QED) is 0.313. The van der Waals surface area contributed by atoms with Gasteiger partial charge in [-0.2, -0.15) is 5.26 Å². The first-order valence-corrected chi connectivity index (χ1v) is 10.7. The summed E-state index contributed by atoms with van der Waals surface area (Å²) in [5.41, 5.74) is 1.05. The van der Waals surface area contributed by atoms with Crippen molar-refractivity contribution in [3.8, 4) is 17.6 Å². The fraction of sp³-hybridized carbons (Fsp3) is 0.0800. The summed E-state index contributed by atoms with van der Waals surface area (Å²) in [6.45, 7) is -0.337. The van der Waals surface area contributed by atoms with Crippen LogP contribution in [0.2, 0.25) is 0 Å². The third-order valence-corrected chi connectivity index (χ3v) is 5.11. The number of methoxy groups -OCH3 is 1. The molecule has 7 nitrogen and oxygen atoms in total. The van der Waals surface area contributed by atoms with E-state index in [0.29, 0.717) is 27.2 Å². The lowest BCUT2D eigenvalue weighted by Crippen LogP contribution is -2.20. The van der Waals surface area contributed by atoms with Gasteiger partial charge in [-0.05, 0) is 76.1 Å². The molecular formula is C25H19BrFN3O4. The van der Waals surface area contributed by atoms with Gasteiger partial charge in [-0.3, -0.25) is 9.59 Å². The van der Waals surface area contributed by atoms with Gasteiger partial charge in [0.25, 0.3) is 11.8 Å². The second kappa shape index (κ2) is 11.6. The van der Waals surface area contributed by atoms with Crippen LogP contribution >= 0.6 is 15.9 Å². The average molecular weight is 524 g/mol. The molecule has 0 unspecified atom stereocenters. The van der Waals surface area contributed by atoms with Gasteiger partial charge in [-0.25, -0.2) is 4.39 Å². The van der Waals surface area contributed by atoms with Crippen LogP contribution in [0.1, 0.15) is 5.56 Å². The lowest BCUT2D eigenvalue weighted by Gasteiger charge is -2.10. The van der Waals surface area contributed by atoms with E-state index in [2.05, 4.69) is 26.6 Å². The molecule has 0 saturated heterocycles. The highest BCUT2D eigenvalue weighted by Gasteiger charge is 2.12. The van der Waals surface area contributed by atoms with E-state index in [0.717, 1.165) is 0 Å². The normalized spacial score (nSPS) is 10.7. The lowest BCUT2D eigenvalue weighted by atomic mass is 10.1. The van der Waals surface area contributed by atoms with E-state index in [1.165, 1.54) is 24.3 Å². The lowest BCUT2D eigenvalue weighted by molar-refractivity contribution is -0.118. The summed E-state index contributed by atoms with van der Waals surface area (Å²) in [6.07, 6.45) is 1.43. The molecule has 34 heavy (non-hydrogen) atoms. The molecule has 2 amide bonds. The number of nitrogens with zero attached hydrogens (tertiary/aromatic N) is 1. The van der Waals surface area contributed by atoms with Crippen LogP contribution < -0.4 is 20.1 Å². The minimum Gasteiger partial charge on any atom is -0.497 e. The van der Waals surface area contributed by atoms with E-state index in [9.17, 15) is 19.2 Å². The molecular weight excluding hydrogens is 505 g/mol. The smallest absolute Gasteiger partial charge is 0.266 e. The second-order valence-electron chi connectivity index (χ2n) is 6.86. The average Bonchev–Trinajstić information content (AvgIpc) is 2.83. The highest BCUT2D eigenvalue weighted by Crippen LogP contribution is 2.27. The van der Waals surface area contributed by atoms with Crippen molar-refractivity contribution < 1.29 is 23.5 Å². The molecule has 0 aliphatic rings. The molecule has 3 aromatic carbocycles. The Kier molecular flexibility index (Phi) is 8.37. The fourth-order valence-corrected chi connectivity index (χ4v) is 3.32. The maximum absolute atomic E-state index is 13.6. The molecule has 2 N–H and O–H groups in total. The number of para-hydroxylation sites is 1. The highest BCUT2D eigenvalue weighted by atomic mass is 79.9. The number of rotatable bonds is 8. The maximum Gasteiger partial charge on any atom is 0.266 e. The van der Waals surface area contributed by atoms with Gasteiger partial charge in [0.15, 0.2) is 6.61 Å². The van der Waals surface area contributed by atoms with Crippen molar-refractivity contribution in [2.45, 2.75) is 0 Å². The van der Waals surface area contributed by atoms with Gasteiger partial charge in [-0.1, -0.05) is 18.2 Å². The van der Waals surface area contributed by atoms with E-state index in [1.54, 1.807) is 55.6 Å². The zero-order valence-electron chi connectivity index (χ0n) is 18.0. The maximum atomic E-state index is 13.6. The van der Waals surface area contributed by atoms with Gasteiger partial charge in [0.1, 0.15) is 29.0 Å². The molecule has 3 rings (SSSR count). The topological polar surface area (TPSA) is 100 Å². The Morgan fingerprint density at radius 1 is 1.09 bits per heavy atom. The van der Waals surface area contributed by atoms with E-state index in [-0.39, 0.29) is 17.9 Å². The molecule has 0 radical (unpaired) electrons. The Hall–Kier alpha value is -4.16. The number of hydrogen-bond donors (Lipinski definition) is 2. The SMILES string of the molecule is COc1ccc(NC(=O)/C(C#N)=C\c2ccc(OCC(=O)Nc3ccccc3F)c(Br)c2)cc1. The number of carbonyl (C=O) groups is 2. The Morgan fingerprint density at radius 3 is 2.47 bits per heavy atom. The van der Waals surface area contributed by atoms with E-state index in [1.807, 2.05) is 6.07 Å². The number of amides is 2. The molecule has 0 aliphatic heterocycles. The Balaban J connectivity index is 1.63. The van der Waals surface area contributed by atoms with Gasteiger partial charge in [0.05, 0.1) is 17.3 Å². The molecule has 9 heteroatoms. The van der Waals surface area contributed by atoms with Crippen LogP contribution in [0, 0.1) is 17.1 Å². The highest BCUT2D eigenvalue weighted by molar-refractivity contribution is 9.10. The van der Waals surface area contributed by atoms with Crippen LogP contribution in [0.15, 0.2) is 76.8 Å². The Labute approximate surface area is 203 Å². The molecule has 0 heterocycles. The van der Waals surface area contributed by atoms with Gasteiger partial charge < -0.3 is 20.1 Å². The van der Waals surface area contributed by atoms with Crippen molar-refractivity contribution in [2.24, 2.45) is 0 Å². The number of halogens is 2. The number of ether oxygens (including phenoxy) is 2. The number of hydrogen-bond acceptors (Lipinski definition) is 5. The summed E-state index contributed by atoms with van der Waals surface area (Å²) in [5.74, 6) is -0.623. The Morgan fingerprint density at radius 2 is 1.82 bits per heavy atom. The predicted octanol–water partition coefficient (Wildman–Crippen LogP) is 5.16. The zero-order valence-corrected chi connectivity index (χ0v) is 19.6. The summed E-state index contributed by atoms with van der Waals surface area (Å²) in [4.78, 5) is 24.5. The first-order valence-electron chi connectivity index (χ1n) is 9.93. The van der Waals surface area contributed by atoms with Crippen molar-refractivity contribution in [1.29, 1.82) is 5.26 Å². The number of nitriles is 1. The number of nitrogens with one attached hydrogen (secondary N) is 2. The first kappa shape index (κ1) is 24.5. The molecule has 172 valence electrons. The second-order valence-corrected chi connectivity index (χ2v) is 7.71. The first-order chi connectivity index (χ1) is 16.4. The molecule has 0 spiro atoms. The molecule has 3 aromatic rings. The predicted molar refractivity (Wildman–Crippen MR) is 130 cm³/mol. The van der Waals surface area contributed by atoms with Crippen molar-refractivity contribution in [2.75, 3.05) is 24.4 Å². The van der Waals surface area contributed by atoms with Gasteiger partial charge in [0.2, 0.25) is 0 Å². The monoisotopic (exact) mass is 523 g/mol. The van der Waals surface area contributed by atoms with Gasteiger partial charge in [0, 0.05) is 5.69 Å². The molecule has 0 aliphatic carbocycles. The van der Waals surface area contributed by atoms with Crippen molar-refractivity contribution in [1.82, 2.24) is 0 Å². The van der Waals surface area contributed by atoms with Crippen LogP contribution in [0.3, 0.4) is 0 Å². The van der Waals surface area contributed by atoms with Crippen LogP contribution in [0.4, 0.5) is 15.8 Å². The summed E-state index contributed by atoms with van der Waals surface area (Å²) >= 11 is 3.35. The van der Waals surface area contributed by atoms with Gasteiger partial charge >= 0.3 is 0 Å². The minimum absolute atomic E-state index is 0.0626. The van der Waals surface area contributed by atoms with E-state index in [4.69, 9.17) is 9.47 Å². The molecule has 0 aromatic heterocycles. The summed E-state index contributed by atoms with van der Waals surface area (Å²) in [6, 6.07) is 19.3. The number of benzene rings is 3. The zero-order chi connectivity index (χ0) is 24.5. The van der Waals surface area contributed by atoms with Crippen molar-refractivity contribution in [3.05, 3.63) is 88.2 Å². The third-order valence-electron chi connectivity index (χ3n) is 4.49. The summed E-state index contributed by atoms with van der Waals surface area (Å²) in [5, 5.41) is 14.5. The van der Waals surface area contributed by atoms with Crippen LogP contribution in [-0.2, 0) is 9.59 Å². The van der Waals surface area contributed by atoms with E-state index < -0.39 is 17.6 Å². The summed E-state index contributed by atoms with van der Waals surface area (Å²) < 4.78 is 24.7. The van der Waals surface area contributed by atoms with Crippen molar-refractivity contribution in [3.63, 3.8) is 0 Å². The third kappa shape index (κ3) is 6.67. The standard InChI is InChI=1S/C25H19BrFN3O4/c1-33-19-9-7-18(8-10-19)29-25(32)17(14-28)12-16-6-11-23(20(26)13-16)34-15-24(31)30-22-5-3-2-4-21(22)27/h2-13H,15H2,1H3,(H,29,32)(H,30,31)/b17-12-. The van der Waals surface area contributed by atoms with Crippen LogP contribution in [0.25, 0.3) is 6.08 Å². The largest absolute Gasteiger partial charge is 0.497 e. The van der Waals surface area contributed by atoms with Crippen molar-refractivity contribution >= 4 is 45.2 Å². The van der Waals surface area contributed by atoms with Crippen LogP contribution in [0.5, 0.6) is 11.5 Å². The molecule has 0 bridgehead atoms. The fourth-order valence-electron chi connectivity index (χ4n) is 2.80. The molecule has 0 atom stereocenters. The molecule has 0 fully saturated rings. The van der Waals surface area contributed by atoms with E-state index >= 15 is 0 Å². The van der Waals surface area contributed by atoms with Crippen LogP contribution in [-0.4, -0.2) is 25.5 Å². The number of anilines is 2. The minimum atomic E-state index is -0.561. The number of carbonyl (C=O) groups excluding carboxylic acids is 2. The molecule has 0 saturated carbocycles. The summed E-state index contributed by atoms with van der Waals surface area (Å²) in [7, 11) is 1.54. The van der Waals surface area contributed by atoms with Gasteiger partial charge in [-0.15, -0.1) is 0 Å².